The number of ether oxygens (including phenoxy) is 1. The number of rotatable bonds is 13. The Morgan fingerprint density at radius 2 is 1.86 bits per heavy atom. The summed E-state index contributed by atoms with van der Waals surface area (Å²) >= 11 is 0. The highest BCUT2D eigenvalue weighted by Crippen LogP contribution is 2.25. The molecule has 0 spiro atoms. The Bertz CT molecular complexity index is 362. The van der Waals surface area contributed by atoms with E-state index in [2.05, 4.69) is 6.92 Å². The monoisotopic (exact) mass is 310 g/mol. The first kappa shape index (κ1) is 18.9. The third-order valence-electron chi connectivity index (χ3n) is 4.18. The van der Waals surface area contributed by atoms with Crippen molar-refractivity contribution >= 4 is 11.8 Å². The van der Waals surface area contributed by atoms with E-state index in [1.165, 1.54) is 25.7 Å². The van der Waals surface area contributed by atoms with Crippen molar-refractivity contribution in [1.29, 1.82) is 0 Å². The van der Waals surface area contributed by atoms with Gasteiger partial charge in [-0.3, -0.25) is 9.59 Å². The van der Waals surface area contributed by atoms with Gasteiger partial charge in [0, 0.05) is 13.0 Å². The molecule has 1 aliphatic rings. The van der Waals surface area contributed by atoms with Crippen LogP contribution in [0.1, 0.15) is 71.1 Å². The molecular formula is C18H30O4. The molecule has 2 atom stereocenters. The van der Waals surface area contributed by atoms with Gasteiger partial charge in [0.15, 0.2) is 5.78 Å². The molecule has 0 radical (unpaired) electrons. The van der Waals surface area contributed by atoms with Crippen molar-refractivity contribution in [3.05, 3.63) is 12.2 Å². The van der Waals surface area contributed by atoms with Gasteiger partial charge in [0.05, 0.1) is 12.0 Å². The molecule has 0 aromatic carbocycles. The van der Waals surface area contributed by atoms with E-state index >= 15 is 0 Å². The second-order valence-electron chi connectivity index (χ2n) is 6.11. The number of allylic oxidation sites excluding steroid dienone is 1. The van der Waals surface area contributed by atoms with Gasteiger partial charge in [-0.1, -0.05) is 51.5 Å². The Morgan fingerprint density at radius 1 is 1.14 bits per heavy atom. The smallest absolute Gasteiger partial charge is 0.303 e. The summed E-state index contributed by atoms with van der Waals surface area (Å²) in [5.74, 6) is -0.541. The minimum absolute atomic E-state index is 0.000598. The van der Waals surface area contributed by atoms with Crippen molar-refractivity contribution in [2.24, 2.45) is 5.92 Å². The molecule has 126 valence electrons. The molecule has 4 nitrogen and oxygen atoms in total. The van der Waals surface area contributed by atoms with Gasteiger partial charge in [0.2, 0.25) is 0 Å². The molecule has 1 N–H and O–H groups in total. The molecule has 0 unspecified atom stereocenters. The summed E-state index contributed by atoms with van der Waals surface area (Å²) in [5, 5.41) is 8.57. The predicted octanol–water partition coefficient (Wildman–Crippen LogP) is 4.13. The third kappa shape index (κ3) is 7.74. The molecule has 0 fully saturated rings. The number of carboxylic acid groups (broad SMARTS) is 1. The number of aliphatic carboxylic acids is 1. The van der Waals surface area contributed by atoms with Crippen molar-refractivity contribution in [3.8, 4) is 0 Å². The molecule has 0 amide bonds. The van der Waals surface area contributed by atoms with Crippen LogP contribution >= 0.6 is 0 Å². The van der Waals surface area contributed by atoms with Gasteiger partial charge in [-0.25, -0.2) is 0 Å². The van der Waals surface area contributed by atoms with E-state index in [4.69, 9.17) is 9.84 Å². The van der Waals surface area contributed by atoms with E-state index in [1.807, 2.05) is 6.08 Å². The van der Waals surface area contributed by atoms with Crippen LogP contribution in [0.15, 0.2) is 12.2 Å². The largest absolute Gasteiger partial charge is 0.481 e. The SMILES string of the molecule is CCCCCCC[C@H]1C(=O)C=C[C@H]1OCCCCCC(=O)O. The molecule has 0 aliphatic heterocycles. The van der Waals surface area contributed by atoms with E-state index in [1.54, 1.807) is 6.08 Å². The maximum absolute atomic E-state index is 11.9. The van der Waals surface area contributed by atoms with Gasteiger partial charge in [-0.15, -0.1) is 0 Å². The summed E-state index contributed by atoms with van der Waals surface area (Å²) in [7, 11) is 0. The highest BCUT2D eigenvalue weighted by molar-refractivity contribution is 5.95. The van der Waals surface area contributed by atoms with Gasteiger partial charge >= 0.3 is 5.97 Å². The molecule has 22 heavy (non-hydrogen) atoms. The lowest BCUT2D eigenvalue weighted by Crippen LogP contribution is -2.23. The molecule has 0 heterocycles. The second-order valence-corrected chi connectivity index (χ2v) is 6.11. The van der Waals surface area contributed by atoms with Crippen LogP contribution in [0, 0.1) is 5.92 Å². The normalized spacial score (nSPS) is 20.7. The molecule has 1 rings (SSSR count). The lowest BCUT2D eigenvalue weighted by atomic mass is 9.95. The summed E-state index contributed by atoms with van der Waals surface area (Å²) < 4.78 is 5.82. The van der Waals surface area contributed by atoms with Gasteiger partial charge in [0.25, 0.3) is 0 Å². The van der Waals surface area contributed by atoms with Crippen LogP contribution < -0.4 is 0 Å². The summed E-state index contributed by atoms with van der Waals surface area (Å²) in [4.78, 5) is 22.3. The zero-order valence-electron chi connectivity index (χ0n) is 13.8. The topological polar surface area (TPSA) is 63.6 Å². The molecule has 1 aliphatic carbocycles. The third-order valence-corrected chi connectivity index (χ3v) is 4.18. The molecule has 4 heteroatoms. The quantitative estimate of drug-likeness (QED) is 0.519. The maximum atomic E-state index is 11.9. The highest BCUT2D eigenvalue weighted by Gasteiger charge is 2.29. The zero-order valence-corrected chi connectivity index (χ0v) is 13.8. The summed E-state index contributed by atoms with van der Waals surface area (Å²) in [6, 6.07) is 0. The van der Waals surface area contributed by atoms with Crippen LogP contribution in [0.2, 0.25) is 0 Å². The predicted molar refractivity (Wildman–Crippen MR) is 86.9 cm³/mol. The van der Waals surface area contributed by atoms with Crippen molar-refractivity contribution in [2.75, 3.05) is 6.61 Å². The standard InChI is InChI=1S/C18H30O4/c1-2-3-4-5-7-10-15-16(19)12-13-17(15)22-14-9-6-8-11-18(20)21/h12-13,15,17H,2-11,14H2,1H3,(H,20,21)/t15-,17+/m0/s1. The Morgan fingerprint density at radius 3 is 2.59 bits per heavy atom. The zero-order chi connectivity index (χ0) is 16.2. The Balaban J connectivity index is 2.14. The second kappa shape index (κ2) is 11.4. The fraction of sp³-hybridized carbons (Fsp3) is 0.778. The average Bonchev–Trinajstić information content (AvgIpc) is 2.83. The Kier molecular flexibility index (Phi) is 9.80. The first-order valence-electron chi connectivity index (χ1n) is 8.70. The lowest BCUT2D eigenvalue weighted by molar-refractivity contribution is -0.137. The summed E-state index contributed by atoms with van der Waals surface area (Å²) in [6.07, 6.45) is 13.1. The van der Waals surface area contributed by atoms with Crippen LogP contribution in [0.5, 0.6) is 0 Å². The number of unbranched alkanes of at least 4 members (excludes halogenated alkanes) is 6. The molecule has 0 saturated heterocycles. The van der Waals surface area contributed by atoms with Gasteiger partial charge in [-0.2, -0.15) is 0 Å². The number of ketones is 1. The summed E-state index contributed by atoms with van der Waals surface area (Å²) in [5.41, 5.74) is 0. The molecule has 0 aromatic rings. The first-order chi connectivity index (χ1) is 10.6. The van der Waals surface area contributed by atoms with Gasteiger partial charge in [-0.05, 0) is 25.3 Å². The Hall–Kier alpha value is -1.16. The van der Waals surface area contributed by atoms with Crippen LogP contribution in [-0.2, 0) is 14.3 Å². The number of carbonyl (C=O) groups excluding carboxylic acids is 1. The minimum atomic E-state index is -0.742. The van der Waals surface area contributed by atoms with E-state index in [9.17, 15) is 9.59 Å². The van der Waals surface area contributed by atoms with Crippen molar-refractivity contribution in [2.45, 2.75) is 77.2 Å². The van der Waals surface area contributed by atoms with Gasteiger partial charge < -0.3 is 9.84 Å². The van der Waals surface area contributed by atoms with E-state index < -0.39 is 5.97 Å². The molecular weight excluding hydrogens is 280 g/mol. The lowest BCUT2D eigenvalue weighted by Gasteiger charge is -2.18. The highest BCUT2D eigenvalue weighted by atomic mass is 16.5. The van der Waals surface area contributed by atoms with E-state index in [0.29, 0.717) is 13.0 Å². The van der Waals surface area contributed by atoms with Crippen molar-refractivity contribution in [3.63, 3.8) is 0 Å². The fourth-order valence-corrected chi connectivity index (χ4v) is 2.83. The Labute approximate surface area is 133 Å². The van der Waals surface area contributed by atoms with Crippen LogP contribution in [0.3, 0.4) is 0 Å². The van der Waals surface area contributed by atoms with E-state index in [-0.39, 0.29) is 24.2 Å². The van der Waals surface area contributed by atoms with E-state index in [0.717, 1.165) is 25.7 Å². The van der Waals surface area contributed by atoms with Crippen LogP contribution in [0.4, 0.5) is 0 Å². The fourth-order valence-electron chi connectivity index (χ4n) is 2.83. The number of hydrogen-bond acceptors (Lipinski definition) is 3. The minimum Gasteiger partial charge on any atom is -0.481 e. The summed E-state index contributed by atoms with van der Waals surface area (Å²) in [6.45, 7) is 2.80. The van der Waals surface area contributed by atoms with Crippen LogP contribution in [-0.4, -0.2) is 29.6 Å². The van der Waals surface area contributed by atoms with Crippen molar-refractivity contribution < 1.29 is 19.4 Å². The molecule has 0 bridgehead atoms. The maximum Gasteiger partial charge on any atom is 0.303 e. The first-order valence-corrected chi connectivity index (χ1v) is 8.70. The number of carboxylic acids is 1. The van der Waals surface area contributed by atoms with Crippen molar-refractivity contribution in [1.82, 2.24) is 0 Å². The molecule has 0 aromatic heterocycles. The molecule has 0 saturated carbocycles. The number of carbonyl (C=O) groups is 2. The van der Waals surface area contributed by atoms with Crippen LogP contribution in [0.25, 0.3) is 0 Å². The number of hydrogen-bond donors (Lipinski definition) is 1. The van der Waals surface area contributed by atoms with Gasteiger partial charge in [0.1, 0.15) is 0 Å². The average molecular weight is 310 g/mol.